The largest absolute Gasteiger partial charge is 0.383 e. The molecule has 8 heteroatoms. The van der Waals surface area contributed by atoms with E-state index in [1.165, 1.54) is 0 Å². The minimum absolute atomic E-state index is 0.174. The topological polar surface area (TPSA) is 133 Å². The van der Waals surface area contributed by atoms with Gasteiger partial charge in [-0.25, -0.2) is 9.97 Å². The normalized spacial score (nSPS) is 18.4. The van der Waals surface area contributed by atoms with E-state index in [9.17, 15) is 4.79 Å². The lowest BCUT2D eigenvalue weighted by atomic mass is 10.0. The lowest BCUT2D eigenvalue weighted by molar-refractivity contribution is -0.117. The Balaban J connectivity index is 1.69. The van der Waals surface area contributed by atoms with Crippen molar-refractivity contribution in [2.24, 2.45) is 11.8 Å². The first kappa shape index (κ1) is 17.0. The molecule has 0 aromatic carbocycles. The number of rotatable bonds is 4. The van der Waals surface area contributed by atoms with E-state index in [1.54, 1.807) is 18.5 Å². The van der Waals surface area contributed by atoms with Crippen LogP contribution < -0.4 is 11.1 Å². The van der Waals surface area contributed by atoms with Gasteiger partial charge in [0.1, 0.15) is 11.6 Å². The lowest BCUT2D eigenvalue weighted by Gasteiger charge is -2.10. The number of amides is 1. The van der Waals surface area contributed by atoms with Crippen LogP contribution in [-0.2, 0) is 4.79 Å². The van der Waals surface area contributed by atoms with Gasteiger partial charge in [-0.3, -0.25) is 9.89 Å². The Hall–Kier alpha value is -3.47. The highest BCUT2D eigenvalue weighted by Crippen LogP contribution is 2.38. The molecule has 2 unspecified atom stereocenters. The van der Waals surface area contributed by atoms with Gasteiger partial charge in [-0.05, 0) is 29.9 Å². The Morgan fingerprint density at radius 3 is 2.93 bits per heavy atom. The number of nitrogens with two attached hydrogens (primary N) is 1. The molecule has 4 rings (SSSR count). The Morgan fingerprint density at radius 1 is 1.41 bits per heavy atom. The molecule has 3 aromatic heterocycles. The second-order valence-electron chi connectivity index (χ2n) is 7.10. The predicted molar refractivity (Wildman–Crippen MR) is 101 cm³/mol. The monoisotopic (exact) mass is 361 g/mol. The van der Waals surface area contributed by atoms with Gasteiger partial charge in [0, 0.05) is 22.8 Å². The van der Waals surface area contributed by atoms with Crippen LogP contribution in [0.15, 0.2) is 24.5 Å². The van der Waals surface area contributed by atoms with Gasteiger partial charge in [0.05, 0.1) is 29.8 Å². The Labute approximate surface area is 155 Å². The number of anilines is 2. The average Bonchev–Trinajstić information content (AvgIpc) is 3.27. The SMILES string of the molecule is CC(C)c1[nH]ncc1-c1cc2cc(NC(=O)C3CC3C#N)ncc2c(N)n1. The lowest BCUT2D eigenvalue weighted by Crippen LogP contribution is -2.15. The molecule has 1 amide bonds. The molecule has 2 atom stereocenters. The average molecular weight is 361 g/mol. The summed E-state index contributed by atoms with van der Waals surface area (Å²) < 4.78 is 0. The van der Waals surface area contributed by atoms with Gasteiger partial charge in [-0.2, -0.15) is 10.4 Å². The first-order valence-electron chi connectivity index (χ1n) is 8.78. The maximum Gasteiger partial charge on any atom is 0.230 e. The zero-order valence-corrected chi connectivity index (χ0v) is 15.0. The molecule has 1 fully saturated rings. The summed E-state index contributed by atoms with van der Waals surface area (Å²) >= 11 is 0. The highest BCUT2D eigenvalue weighted by molar-refractivity contribution is 5.98. The fourth-order valence-electron chi connectivity index (χ4n) is 3.17. The molecular formula is C19H19N7O. The molecule has 0 saturated heterocycles. The molecule has 136 valence electrons. The number of nitrogens with one attached hydrogen (secondary N) is 2. The van der Waals surface area contributed by atoms with Crippen LogP contribution in [0.3, 0.4) is 0 Å². The van der Waals surface area contributed by atoms with E-state index in [-0.39, 0.29) is 23.7 Å². The van der Waals surface area contributed by atoms with E-state index >= 15 is 0 Å². The van der Waals surface area contributed by atoms with Crippen LogP contribution in [0.4, 0.5) is 11.6 Å². The maximum absolute atomic E-state index is 12.2. The number of hydrogen-bond donors (Lipinski definition) is 3. The van der Waals surface area contributed by atoms with Gasteiger partial charge < -0.3 is 11.1 Å². The number of nitrogens with zero attached hydrogens (tertiary/aromatic N) is 4. The molecular weight excluding hydrogens is 342 g/mol. The second-order valence-corrected chi connectivity index (χ2v) is 7.10. The molecule has 8 nitrogen and oxygen atoms in total. The fourth-order valence-corrected chi connectivity index (χ4v) is 3.17. The zero-order valence-electron chi connectivity index (χ0n) is 15.0. The first-order chi connectivity index (χ1) is 13.0. The first-order valence-corrected chi connectivity index (χ1v) is 8.78. The third kappa shape index (κ3) is 3.08. The van der Waals surface area contributed by atoms with E-state index in [4.69, 9.17) is 11.0 Å². The zero-order chi connectivity index (χ0) is 19.1. The molecule has 3 aromatic rings. The van der Waals surface area contributed by atoms with Crippen molar-refractivity contribution in [3.05, 3.63) is 30.2 Å². The summed E-state index contributed by atoms with van der Waals surface area (Å²) in [6, 6.07) is 5.80. The molecule has 0 bridgehead atoms. The number of carbonyl (C=O) groups is 1. The highest BCUT2D eigenvalue weighted by Gasteiger charge is 2.43. The second kappa shape index (κ2) is 6.36. The van der Waals surface area contributed by atoms with E-state index in [2.05, 4.69) is 45.4 Å². The van der Waals surface area contributed by atoms with Gasteiger partial charge in [-0.1, -0.05) is 13.8 Å². The van der Waals surface area contributed by atoms with Crippen molar-refractivity contribution >= 4 is 28.3 Å². The number of aromatic amines is 1. The summed E-state index contributed by atoms with van der Waals surface area (Å²) in [6.45, 7) is 4.15. The molecule has 0 aliphatic heterocycles. The minimum atomic E-state index is -0.245. The fraction of sp³-hybridized carbons (Fsp3) is 0.316. The van der Waals surface area contributed by atoms with Gasteiger partial charge in [0.2, 0.25) is 5.91 Å². The van der Waals surface area contributed by atoms with Crippen LogP contribution >= 0.6 is 0 Å². The minimum Gasteiger partial charge on any atom is -0.383 e. The molecule has 1 aliphatic carbocycles. The van der Waals surface area contributed by atoms with Gasteiger partial charge in [0.25, 0.3) is 0 Å². The van der Waals surface area contributed by atoms with E-state index < -0.39 is 0 Å². The molecule has 0 radical (unpaired) electrons. The highest BCUT2D eigenvalue weighted by atomic mass is 16.2. The van der Waals surface area contributed by atoms with Crippen LogP contribution in [0.5, 0.6) is 0 Å². The van der Waals surface area contributed by atoms with Crippen LogP contribution in [0.1, 0.15) is 31.9 Å². The van der Waals surface area contributed by atoms with Crippen molar-refractivity contribution in [2.75, 3.05) is 11.1 Å². The summed E-state index contributed by atoms with van der Waals surface area (Å²) in [5.41, 5.74) is 8.73. The standard InChI is InChI=1S/C19H19N7O/c1-9(2)17-14(8-23-26-17)15-4-10-5-16(22-7-13(10)18(21)24-15)25-19(27)12-3-11(12)6-20/h4-5,7-9,11-12H,3H2,1-2H3,(H2,21,24)(H,23,26)(H,22,25,27). The number of aromatic nitrogens is 4. The van der Waals surface area contributed by atoms with Crippen molar-refractivity contribution in [3.8, 4) is 17.3 Å². The molecule has 27 heavy (non-hydrogen) atoms. The van der Waals surface area contributed by atoms with Crippen LogP contribution in [0.25, 0.3) is 22.0 Å². The molecule has 1 saturated carbocycles. The predicted octanol–water partition coefficient (Wildman–Crippen LogP) is 2.82. The number of fused-ring (bicyclic) bond motifs is 1. The summed E-state index contributed by atoms with van der Waals surface area (Å²) in [6.07, 6.45) is 3.95. The van der Waals surface area contributed by atoms with Crippen molar-refractivity contribution < 1.29 is 4.79 Å². The van der Waals surface area contributed by atoms with Gasteiger partial charge in [-0.15, -0.1) is 0 Å². The van der Waals surface area contributed by atoms with Gasteiger partial charge >= 0.3 is 0 Å². The summed E-state index contributed by atoms with van der Waals surface area (Å²) in [5, 5.41) is 20.3. The molecule has 1 aliphatic rings. The molecule has 3 heterocycles. The van der Waals surface area contributed by atoms with Crippen molar-refractivity contribution in [1.29, 1.82) is 5.26 Å². The number of H-pyrrole nitrogens is 1. The van der Waals surface area contributed by atoms with Crippen molar-refractivity contribution in [1.82, 2.24) is 20.2 Å². The van der Waals surface area contributed by atoms with Crippen molar-refractivity contribution in [2.45, 2.75) is 26.2 Å². The Bertz CT molecular complexity index is 1080. The third-order valence-corrected chi connectivity index (χ3v) is 4.81. The Kier molecular flexibility index (Phi) is 4.00. The van der Waals surface area contributed by atoms with Gasteiger partial charge in [0.15, 0.2) is 0 Å². The maximum atomic E-state index is 12.2. The van der Waals surface area contributed by atoms with Crippen LogP contribution in [-0.4, -0.2) is 26.1 Å². The van der Waals surface area contributed by atoms with Crippen LogP contribution in [0, 0.1) is 23.2 Å². The quantitative estimate of drug-likeness (QED) is 0.654. The van der Waals surface area contributed by atoms with E-state index in [0.717, 1.165) is 16.6 Å². The van der Waals surface area contributed by atoms with Crippen LogP contribution in [0.2, 0.25) is 0 Å². The summed E-state index contributed by atoms with van der Waals surface area (Å²) in [4.78, 5) is 20.9. The smallest absolute Gasteiger partial charge is 0.230 e. The summed E-state index contributed by atoms with van der Waals surface area (Å²) in [7, 11) is 0. The Morgan fingerprint density at radius 2 is 2.22 bits per heavy atom. The van der Waals surface area contributed by atoms with E-state index in [1.807, 2.05) is 6.07 Å². The third-order valence-electron chi connectivity index (χ3n) is 4.81. The number of nitriles is 1. The summed E-state index contributed by atoms with van der Waals surface area (Å²) in [5.74, 6) is 0.463. The number of carbonyl (C=O) groups excluding carboxylic acids is 1. The number of pyridine rings is 2. The van der Waals surface area contributed by atoms with Crippen molar-refractivity contribution in [3.63, 3.8) is 0 Å². The number of nitrogen functional groups attached to an aromatic ring is 1. The number of hydrogen-bond acceptors (Lipinski definition) is 6. The van der Waals surface area contributed by atoms with E-state index in [0.29, 0.717) is 29.1 Å². The molecule has 0 spiro atoms. The molecule has 4 N–H and O–H groups in total.